The van der Waals surface area contributed by atoms with Gasteiger partial charge in [-0.05, 0) is 6.42 Å². The average Bonchev–Trinajstić information content (AvgIpc) is 3.12. The van der Waals surface area contributed by atoms with Crippen molar-refractivity contribution >= 4 is 5.91 Å². The minimum absolute atomic E-state index is 0.239. The Balaban J connectivity index is 1.65. The first-order valence-corrected chi connectivity index (χ1v) is 13.0. The maximum atomic E-state index is 12.5. The monoisotopic (exact) mass is 481 g/mol. The lowest BCUT2D eigenvalue weighted by atomic mass is 10.0. The van der Waals surface area contributed by atoms with Crippen LogP contribution < -0.4 is 16.6 Å². The van der Waals surface area contributed by atoms with Gasteiger partial charge in [0.05, 0.1) is 6.61 Å². The fourth-order valence-electron chi connectivity index (χ4n) is 4.48. The smallest absolute Gasteiger partial charge is 0.330 e. The number of H-pyrrole nitrogens is 1. The predicted molar refractivity (Wildman–Crippen MR) is 131 cm³/mol. The number of aliphatic hydroxyl groups excluding tert-OH is 2. The molecule has 1 saturated heterocycles. The first kappa shape index (κ1) is 28.3. The van der Waals surface area contributed by atoms with Crippen LogP contribution in [0.5, 0.6) is 0 Å². The minimum atomic E-state index is -1.18. The average molecular weight is 482 g/mol. The van der Waals surface area contributed by atoms with Crippen molar-refractivity contribution in [1.82, 2.24) is 14.9 Å². The Bertz CT molecular complexity index is 823. The van der Waals surface area contributed by atoms with E-state index in [0.29, 0.717) is 6.42 Å². The molecule has 0 saturated carbocycles. The second-order valence-corrected chi connectivity index (χ2v) is 9.34. The second-order valence-electron chi connectivity index (χ2n) is 9.34. The lowest BCUT2D eigenvalue weighted by Gasteiger charge is -2.23. The number of aliphatic hydroxyl groups is 2. The number of ether oxygens (including phenoxy) is 1. The number of hydrogen-bond acceptors (Lipinski definition) is 6. The van der Waals surface area contributed by atoms with Gasteiger partial charge in [-0.15, -0.1) is 0 Å². The van der Waals surface area contributed by atoms with Crippen molar-refractivity contribution in [2.75, 3.05) is 6.61 Å². The van der Waals surface area contributed by atoms with Crippen LogP contribution in [0.1, 0.15) is 103 Å². The normalized spacial score (nSPS) is 22.2. The molecule has 4 N–H and O–H groups in total. The number of amides is 1. The number of unbranched alkanes of at least 4 members (excludes halogenated alkanes) is 12. The van der Waals surface area contributed by atoms with Crippen LogP contribution in [0.2, 0.25) is 0 Å². The molecule has 194 valence electrons. The van der Waals surface area contributed by atoms with E-state index in [1.807, 2.05) is 0 Å². The van der Waals surface area contributed by atoms with E-state index < -0.39 is 42.3 Å². The van der Waals surface area contributed by atoms with Crippen LogP contribution >= 0.6 is 0 Å². The third kappa shape index (κ3) is 9.35. The largest absolute Gasteiger partial charge is 0.394 e. The molecule has 0 spiro atoms. The summed E-state index contributed by atoms with van der Waals surface area (Å²) >= 11 is 0. The number of hydrogen-bond donors (Lipinski definition) is 4. The fourth-order valence-corrected chi connectivity index (χ4v) is 4.48. The first-order chi connectivity index (χ1) is 16.5. The topological polar surface area (TPSA) is 134 Å². The zero-order chi connectivity index (χ0) is 24.8. The third-order valence-corrected chi connectivity index (χ3v) is 6.51. The van der Waals surface area contributed by atoms with Gasteiger partial charge in [-0.3, -0.25) is 19.1 Å². The molecule has 0 unspecified atom stereocenters. The molecule has 1 aliphatic heterocycles. The van der Waals surface area contributed by atoms with Gasteiger partial charge in [-0.25, -0.2) is 4.79 Å². The molecule has 0 aliphatic carbocycles. The van der Waals surface area contributed by atoms with E-state index in [1.54, 1.807) is 0 Å². The summed E-state index contributed by atoms with van der Waals surface area (Å²) in [6.45, 7) is 1.78. The first-order valence-electron chi connectivity index (χ1n) is 13.0. The molecule has 34 heavy (non-hydrogen) atoms. The van der Waals surface area contributed by atoms with E-state index >= 15 is 0 Å². The van der Waals surface area contributed by atoms with Gasteiger partial charge in [-0.2, -0.15) is 0 Å². The van der Waals surface area contributed by atoms with Crippen molar-refractivity contribution in [3.63, 3.8) is 0 Å². The Hall–Kier alpha value is -1.97. The molecular weight excluding hydrogens is 438 g/mol. The molecule has 2 heterocycles. The second kappa shape index (κ2) is 15.8. The van der Waals surface area contributed by atoms with Crippen LogP contribution in [0.3, 0.4) is 0 Å². The molecule has 2 rings (SSSR count). The van der Waals surface area contributed by atoms with E-state index in [1.165, 1.54) is 70.4 Å². The Kier molecular flexibility index (Phi) is 13.2. The van der Waals surface area contributed by atoms with Gasteiger partial charge in [-0.1, -0.05) is 84.0 Å². The number of rotatable bonds is 17. The number of nitrogens with one attached hydrogen (secondary N) is 2. The summed E-state index contributed by atoms with van der Waals surface area (Å²) in [5, 5.41) is 22.7. The zero-order valence-corrected chi connectivity index (χ0v) is 20.5. The van der Waals surface area contributed by atoms with Crippen LogP contribution in [0.25, 0.3) is 0 Å². The Morgan fingerprint density at radius 1 is 1.00 bits per heavy atom. The molecule has 0 radical (unpaired) electrons. The molecule has 1 aromatic rings. The number of nitrogens with zero attached hydrogens (tertiary/aromatic N) is 1. The van der Waals surface area contributed by atoms with Crippen molar-refractivity contribution < 1.29 is 19.7 Å². The van der Waals surface area contributed by atoms with E-state index in [2.05, 4.69) is 17.2 Å². The number of carbonyl (C=O) groups is 1. The summed E-state index contributed by atoms with van der Waals surface area (Å²) in [7, 11) is 0. The van der Waals surface area contributed by atoms with Crippen molar-refractivity contribution in [2.24, 2.45) is 0 Å². The Labute approximate surface area is 201 Å². The summed E-state index contributed by atoms with van der Waals surface area (Å²) in [5.74, 6) is -0.239. The summed E-state index contributed by atoms with van der Waals surface area (Å²) in [4.78, 5) is 38.1. The van der Waals surface area contributed by atoms with E-state index in [-0.39, 0.29) is 5.91 Å². The standard InChI is InChI=1S/C25H43N3O6/c1-2-3-4-5-6-7-8-9-10-11-12-13-14-15-20(30)26-22-23(32)19(18-29)34-24(22)28-17-16-21(31)27-25(28)33/h16-17,19,22-24,29,32H,2-15,18H2,1H3,(H,26,30)(H,27,31,33)/t19-,22-,23-,24-/m1/s1. The SMILES string of the molecule is CCCCCCCCCCCCCCCC(=O)N[C@@H]1[C@H](O)[C@@H](CO)O[C@H]1n1ccc(=O)[nH]c1=O. The van der Waals surface area contributed by atoms with Crippen LogP contribution in [-0.2, 0) is 9.53 Å². The van der Waals surface area contributed by atoms with Crippen molar-refractivity contribution in [3.8, 4) is 0 Å². The molecule has 4 atom stereocenters. The number of aromatic amines is 1. The molecule has 0 bridgehead atoms. The fraction of sp³-hybridized carbons (Fsp3) is 0.800. The van der Waals surface area contributed by atoms with Crippen molar-refractivity contribution in [1.29, 1.82) is 0 Å². The third-order valence-electron chi connectivity index (χ3n) is 6.51. The lowest BCUT2D eigenvalue weighted by molar-refractivity contribution is -0.123. The molecule has 9 heteroatoms. The van der Waals surface area contributed by atoms with Gasteiger partial charge in [0.15, 0.2) is 6.23 Å². The van der Waals surface area contributed by atoms with Gasteiger partial charge in [0, 0.05) is 18.7 Å². The summed E-state index contributed by atoms with van der Waals surface area (Å²) in [5.41, 5.74) is -1.26. The molecule has 0 aromatic carbocycles. The van der Waals surface area contributed by atoms with Crippen LogP contribution in [0, 0.1) is 0 Å². The Morgan fingerprint density at radius 2 is 1.56 bits per heavy atom. The lowest BCUT2D eigenvalue weighted by Crippen LogP contribution is -2.48. The van der Waals surface area contributed by atoms with Crippen molar-refractivity contribution in [2.45, 2.75) is 121 Å². The highest BCUT2D eigenvalue weighted by Gasteiger charge is 2.45. The van der Waals surface area contributed by atoms with Gasteiger partial charge >= 0.3 is 5.69 Å². The molecular formula is C25H43N3O6. The van der Waals surface area contributed by atoms with Gasteiger partial charge in [0.25, 0.3) is 5.56 Å². The minimum Gasteiger partial charge on any atom is -0.394 e. The summed E-state index contributed by atoms with van der Waals surface area (Å²) < 4.78 is 6.70. The van der Waals surface area contributed by atoms with Crippen LogP contribution in [0.15, 0.2) is 21.9 Å². The predicted octanol–water partition coefficient (Wildman–Crippen LogP) is 2.75. The van der Waals surface area contributed by atoms with E-state index in [4.69, 9.17) is 4.74 Å². The van der Waals surface area contributed by atoms with Crippen molar-refractivity contribution in [3.05, 3.63) is 33.1 Å². The van der Waals surface area contributed by atoms with Gasteiger partial charge in [0.1, 0.15) is 18.2 Å². The highest BCUT2D eigenvalue weighted by Crippen LogP contribution is 2.28. The molecule has 1 aliphatic rings. The molecule has 1 fully saturated rings. The maximum absolute atomic E-state index is 12.5. The highest BCUT2D eigenvalue weighted by atomic mass is 16.5. The van der Waals surface area contributed by atoms with E-state index in [9.17, 15) is 24.6 Å². The number of carbonyl (C=O) groups excluding carboxylic acids is 1. The summed E-state index contributed by atoms with van der Waals surface area (Å²) in [6, 6.07) is 0.255. The zero-order valence-electron chi connectivity index (χ0n) is 20.5. The van der Waals surface area contributed by atoms with Crippen LogP contribution in [0.4, 0.5) is 0 Å². The molecule has 9 nitrogen and oxygen atoms in total. The molecule has 1 aromatic heterocycles. The maximum Gasteiger partial charge on any atom is 0.330 e. The number of aromatic nitrogens is 2. The summed E-state index contributed by atoms with van der Waals surface area (Å²) in [6.07, 6.45) is 14.3. The highest BCUT2D eigenvalue weighted by molar-refractivity contribution is 5.76. The van der Waals surface area contributed by atoms with Gasteiger partial charge < -0.3 is 20.3 Å². The Morgan fingerprint density at radius 3 is 2.09 bits per heavy atom. The van der Waals surface area contributed by atoms with E-state index in [0.717, 1.165) is 29.9 Å². The molecule has 1 amide bonds. The van der Waals surface area contributed by atoms with Crippen LogP contribution in [-0.4, -0.2) is 50.5 Å². The quantitative estimate of drug-likeness (QED) is 0.253. The van der Waals surface area contributed by atoms with Gasteiger partial charge in [0.2, 0.25) is 5.91 Å².